The van der Waals surface area contributed by atoms with Crippen molar-refractivity contribution in [2.75, 3.05) is 18.0 Å². The molecule has 1 aromatic rings. The minimum Gasteiger partial charge on any atom is -0.365 e. The maximum atomic E-state index is 13.4. The van der Waals surface area contributed by atoms with E-state index in [2.05, 4.69) is 46.9 Å². The minimum absolute atomic E-state index is 0.199. The van der Waals surface area contributed by atoms with Crippen LogP contribution in [0.1, 0.15) is 33.6 Å². The highest BCUT2D eigenvalue weighted by Gasteiger charge is 2.29. The topological polar surface area (TPSA) is 15.3 Å². The summed E-state index contributed by atoms with van der Waals surface area (Å²) in [6.45, 7) is 8.71. The summed E-state index contributed by atoms with van der Waals surface area (Å²) in [6.07, 6.45) is 2.37. The predicted molar refractivity (Wildman–Crippen MR) is 86.8 cm³/mol. The number of nitrogens with zero attached hydrogens (tertiary/aromatic N) is 1. The molecule has 1 N–H and O–H groups in total. The van der Waals surface area contributed by atoms with E-state index in [-0.39, 0.29) is 5.82 Å². The summed E-state index contributed by atoms with van der Waals surface area (Å²) in [6, 6.07) is 6.33. The van der Waals surface area contributed by atoms with Gasteiger partial charge in [0.15, 0.2) is 0 Å². The summed E-state index contributed by atoms with van der Waals surface area (Å²) in [5.41, 5.74) is 1.11. The van der Waals surface area contributed by atoms with Crippen LogP contribution in [0.15, 0.2) is 22.7 Å². The lowest BCUT2D eigenvalue weighted by Crippen LogP contribution is -2.58. The highest BCUT2D eigenvalue weighted by Crippen LogP contribution is 2.28. The fourth-order valence-corrected chi connectivity index (χ4v) is 3.30. The van der Waals surface area contributed by atoms with Gasteiger partial charge in [0.1, 0.15) is 5.82 Å². The standard InChI is InChI=1S/C16H24BrFN2/c1-4-5-12-10-20(16(9-19-12)11(2)3)13-6-7-15(18)14(17)8-13/h6-8,11-12,16,19H,4-5,9-10H2,1-3H3. The molecule has 0 aromatic heterocycles. The number of halogens is 2. The van der Waals surface area contributed by atoms with Gasteiger partial charge < -0.3 is 10.2 Å². The Morgan fingerprint density at radius 2 is 2.20 bits per heavy atom. The lowest BCUT2D eigenvalue weighted by Gasteiger charge is -2.44. The number of anilines is 1. The molecular formula is C16H24BrFN2. The largest absolute Gasteiger partial charge is 0.365 e. The van der Waals surface area contributed by atoms with Crippen molar-refractivity contribution in [2.24, 2.45) is 5.92 Å². The zero-order valence-electron chi connectivity index (χ0n) is 12.5. The smallest absolute Gasteiger partial charge is 0.137 e. The molecule has 0 spiro atoms. The molecular weight excluding hydrogens is 319 g/mol. The molecule has 20 heavy (non-hydrogen) atoms. The van der Waals surface area contributed by atoms with Crippen LogP contribution < -0.4 is 10.2 Å². The Bertz CT molecular complexity index is 450. The van der Waals surface area contributed by atoms with Gasteiger partial charge in [-0.25, -0.2) is 4.39 Å². The quantitative estimate of drug-likeness (QED) is 0.882. The normalized spacial score (nSPS) is 23.4. The molecule has 1 aliphatic rings. The Morgan fingerprint density at radius 1 is 1.45 bits per heavy atom. The summed E-state index contributed by atoms with van der Waals surface area (Å²) in [7, 11) is 0. The lowest BCUT2D eigenvalue weighted by molar-refractivity contribution is 0.327. The van der Waals surface area contributed by atoms with Gasteiger partial charge >= 0.3 is 0 Å². The Morgan fingerprint density at radius 3 is 2.80 bits per heavy atom. The van der Waals surface area contributed by atoms with Crippen LogP contribution in [-0.2, 0) is 0 Å². The monoisotopic (exact) mass is 342 g/mol. The summed E-state index contributed by atoms with van der Waals surface area (Å²) in [4.78, 5) is 2.44. The first-order valence-electron chi connectivity index (χ1n) is 7.48. The molecule has 1 aliphatic heterocycles. The van der Waals surface area contributed by atoms with Gasteiger partial charge in [-0.3, -0.25) is 0 Å². The molecule has 2 nitrogen and oxygen atoms in total. The van der Waals surface area contributed by atoms with Gasteiger partial charge in [-0.15, -0.1) is 0 Å². The van der Waals surface area contributed by atoms with Crippen molar-refractivity contribution in [3.63, 3.8) is 0 Å². The van der Waals surface area contributed by atoms with Crippen LogP contribution in [-0.4, -0.2) is 25.2 Å². The van der Waals surface area contributed by atoms with Crippen LogP contribution >= 0.6 is 15.9 Å². The van der Waals surface area contributed by atoms with Crippen molar-refractivity contribution in [1.82, 2.24) is 5.32 Å². The molecule has 112 valence electrons. The molecule has 1 fully saturated rings. The highest BCUT2D eigenvalue weighted by molar-refractivity contribution is 9.10. The third-order valence-electron chi connectivity index (χ3n) is 4.07. The molecule has 0 aliphatic carbocycles. The summed E-state index contributed by atoms with van der Waals surface area (Å²) in [5, 5.41) is 3.65. The van der Waals surface area contributed by atoms with Crippen molar-refractivity contribution in [3.8, 4) is 0 Å². The van der Waals surface area contributed by atoms with E-state index in [1.807, 2.05) is 12.1 Å². The lowest BCUT2D eigenvalue weighted by atomic mass is 9.96. The Labute approximate surface area is 129 Å². The molecule has 1 saturated heterocycles. The summed E-state index contributed by atoms with van der Waals surface area (Å²) in [5.74, 6) is 0.365. The number of nitrogens with one attached hydrogen (secondary N) is 1. The van der Waals surface area contributed by atoms with E-state index in [1.165, 1.54) is 12.8 Å². The van der Waals surface area contributed by atoms with Crippen LogP contribution in [0.3, 0.4) is 0 Å². The van der Waals surface area contributed by atoms with Gasteiger partial charge in [-0.1, -0.05) is 27.2 Å². The van der Waals surface area contributed by atoms with Gasteiger partial charge in [0.05, 0.1) is 4.47 Å². The maximum Gasteiger partial charge on any atom is 0.137 e. The van der Waals surface area contributed by atoms with Gasteiger partial charge in [0.2, 0.25) is 0 Å². The van der Waals surface area contributed by atoms with Crippen LogP contribution in [0.25, 0.3) is 0 Å². The molecule has 2 atom stereocenters. The molecule has 2 unspecified atom stereocenters. The molecule has 1 aromatic carbocycles. The SMILES string of the molecule is CCCC1CN(c2ccc(F)c(Br)c2)C(C(C)C)CN1. The fraction of sp³-hybridized carbons (Fsp3) is 0.625. The molecule has 0 saturated carbocycles. The van der Waals surface area contributed by atoms with E-state index >= 15 is 0 Å². The Balaban J connectivity index is 2.24. The van der Waals surface area contributed by atoms with E-state index in [4.69, 9.17) is 0 Å². The number of rotatable bonds is 4. The first kappa shape index (κ1) is 15.8. The first-order chi connectivity index (χ1) is 9.52. The predicted octanol–water partition coefficient (Wildman–Crippen LogP) is 4.19. The van der Waals surface area contributed by atoms with Crippen LogP contribution in [0.2, 0.25) is 0 Å². The third-order valence-corrected chi connectivity index (χ3v) is 4.68. The average molecular weight is 343 g/mol. The molecule has 0 bridgehead atoms. The van der Waals surface area contributed by atoms with Gasteiger partial charge in [0, 0.05) is 30.9 Å². The second-order valence-electron chi connectivity index (χ2n) is 5.96. The summed E-state index contributed by atoms with van der Waals surface area (Å²) >= 11 is 3.30. The van der Waals surface area contributed by atoms with Gasteiger partial charge in [0.25, 0.3) is 0 Å². The zero-order chi connectivity index (χ0) is 14.7. The first-order valence-corrected chi connectivity index (χ1v) is 8.27. The second kappa shape index (κ2) is 6.90. The fourth-order valence-electron chi connectivity index (χ4n) is 2.93. The van der Waals surface area contributed by atoms with Crippen molar-refractivity contribution in [3.05, 3.63) is 28.5 Å². The van der Waals surface area contributed by atoms with E-state index in [0.29, 0.717) is 22.5 Å². The van der Waals surface area contributed by atoms with Crippen LogP contribution in [0, 0.1) is 11.7 Å². The molecule has 2 rings (SSSR count). The Kier molecular flexibility index (Phi) is 5.44. The van der Waals surface area contributed by atoms with E-state index in [0.717, 1.165) is 18.8 Å². The minimum atomic E-state index is -0.199. The van der Waals surface area contributed by atoms with Crippen molar-refractivity contribution in [1.29, 1.82) is 0 Å². The van der Waals surface area contributed by atoms with Gasteiger partial charge in [-0.05, 0) is 46.5 Å². The van der Waals surface area contributed by atoms with Crippen molar-refractivity contribution < 1.29 is 4.39 Å². The number of hydrogen-bond acceptors (Lipinski definition) is 2. The number of hydrogen-bond donors (Lipinski definition) is 1. The van der Waals surface area contributed by atoms with Crippen molar-refractivity contribution >= 4 is 21.6 Å². The Hall–Kier alpha value is -0.610. The molecule has 4 heteroatoms. The average Bonchev–Trinajstić information content (AvgIpc) is 2.42. The van der Waals surface area contributed by atoms with Gasteiger partial charge in [-0.2, -0.15) is 0 Å². The van der Waals surface area contributed by atoms with Crippen molar-refractivity contribution in [2.45, 2.75) is 45.7 Å². The molecule has 1 heterocycles. The molecule has 0 amide bonds. The number of benzene rings is 1. The maximum absolute atomic E-state index is 13.4. The number of piperazine rings is 1. The molecule has 0 radical (unpaired) electrons. The van der Waals surface area contributed by atoms with E-state index < -0.39 is 0 Å². The summed E-state index contributed by atoms with van der Waals surface area (Å²) < 4.78 is 14.0. The second-order valence-corrected chi connectivity index (χ2v) is 6.81. The highest BCUT2D eigenvalue weighted by atomic mass is 79.9. The van der Waals surface area contributed by atoms with E-state index in [9.17, 15) is 4.39 Å². The zero-order valence-corrected chi connectivity index (χ0v) is 14.1. The van der Waals surface area contributed by atoms with Crippen LogP contribution in [0.4, 0.5) is 10.1 Å². The van der Waals surface area contributed by atoms with E-state index in [1.54, 1.807) is 6.07 Å². The van der Waals surface area contributed by atoms with Crippen LogP contribution in [0.5, 0.6) is 0 Å². The third kappa shape index (κ3) is 3.53.